The van der Waals surface area contributed by atoms with Gasteiger partial charge in [0.1, 0.15) is 18.1 Å². The molecule has 0 atom stereocenters. The molecule has 0 saturated carbocycles. The predicted molar refractivity (Wildman–Crippen MR) is 58.3 cm³/mol. The SMILES string of the molecule is N=C(c1ccc(OCCN)cc1N)C(F)(F)F. The molecule has 0 fully saturated rings. The van der Waals surface area contributed by atoms with Gasteiger partial charge in [-0.25, -0.2) is 0 Å². The van der Waals surface area contributed by atoms with Crippen LogP contribution >= 0.6 is 0 Å². The van der Waals surface area contributed by atoms with Gasteiger partial charge in [-0.1, -0.05) is 0 Å². The molecule has 17 heavy (non-hydrogen) atoms. The second-order valence-electron chi connectivity index (χ2n) is 3.26. The molecular formula is C10H12F3N3O. The van der Waals surface area contributed by atoms with Crippen LogP contribution in [0.4, 0.5) is 18.9 Å². The molecule has 0 radical (unpaired) electrons. The first-order valence-electron chi connectivity index (χ1n) is 4.74. The summed E-state index contributed by atoms with van der Waals surface area (Å²) in [4.78, 5) is 0. The van der Waals surface area contributed by atoms with Gasteiger partial charge in [0.2, 0.25) is 0 Å². The van der Waals surface area contributed by atoms with Gasteiger partial charge in [0.05, 0.1) is 0 Å². The lowest BCUT2D eigenvalue weighted by Gasteiger charge is -2.12. The molecule has 1 aromatic rings. The Morgan fingerprint density at radius 2 is 2.00 bits per heavy atom. The molecule has 0 aromatic heterocycles. The van der Waals surface area contributed by atoms with E-state index < -0.39 is 11.9 Å². The van der Waals surface area contributed by atoms with Crippen LogP contribution in [-0.2, 0) is 0 Å². The molecule has 0 unspecified atom stereocenters. The van der Waals surface area contributed by atoms with Crippen molar-refractivity contribution in [1.82, 2.24) is 0 Å². The van der Waals surface area contributed by atoms with E-state index in [1.54, 1.807) is 0 Å². The third-order valence-corrected chi connectivity index (χ3v) is 1.96. The van der Waals surface area contributed by atoms with Crippen LogP contribution in [0.5, 0.6) is 5.75 Å². The zero-order valence-corrected chi connectivity index (χ0v) is 8.84. The standard InChI is InChI=1S/C10H12F3N3O/c11-10(12,13)9(16)7-2-1-6(5-8(7)15)17-4-3-14/h1-2,5,16H,3-4,14-15H2. The molecule has 0 spiro atoms. The van der Waals surface area contributed by atoms with Gasteiger partial charge < -0.3 is 16.2 Å². The monoisotopic (exact) mass is 247 g/mol. The lowest BCUT2D eigenvalue weighted by Crippen LogP contribution is -2.23. The highest BCUT2D eigenvalue weighted by atomic mass is 19.4. The number of halogens is 3. The number of hydrogen-bond acceptors (Lipinski definition) is 4. The molecule has 0 saturated heterocycles. The maximum atomic E-state index is 12.3. The summed E-state index contributed by atoms with van der Waals surface area (Å²) in [7, 11) is 0. The number of ether oxygens (including phenoxy) is 1. The van der Waals surface area contributed by atoms with Gasteiger partial charge in [0.25, 0.3) is 0 Å². The van der Waals surface area contributed by atoms with Gasteiger partial charge in [-0.05, 0) is 12.1 Å². The quantitative estimate of drug-likeness (QED) is 0.557. The van der Waals surface area contributed by atoms with Gasteiger partial charge in [-0.2, -0.15) is 13.2 Å². The first kappa shape index (κ1) is 13.3. The largest absolute Gasteiger partial charge is 0.492 e. The average molecular weight is 247 g/mol. The normalized spacial score (nSPS) is 11.3. The van der Waals surface area contributed by atoms with Crippen LogP contribution in [0.15, 0.2) is 18.2 Å². The molecule has 0 aliphatic heterocycles. The van der Waals surface area contributed by atoms with Crippen molar-refractivity contribution < 1.29 is 17.9 Å². The first-order valence-corrected chi connectivity index (χ1v) is 4.74. The average Bonchev–Trinajstić information content (AvgIpc) is 2.24. The minimum Gasteiger partial charge on any atom is -0.492 e. The second-order valence-corrected chi connectivity index (χ2v) is 3.26. The van der Waals surface area contributed by atoms with Crippen molar-refractivity contribution in [2.75, 3.05) is 18.9 Å². The molecule has 0 amide bonds. The molecule has 0 aliphatic rings. The van der Waals surface area contributed by atoms with Gasteiger partial charge in [-0.3, -0.25) is 5.41 Å². The van der Waals surface area contributed by atoms with Crippen molar-refractivity contribution in [3.63, 3.8) is 0 Å². The maximum Gasteiger partial charge on any atom is 0.433 e. The molecule has 7 heteroatoms. The van der Waals surface area contributed by atoms with Crippen LogP contribution in [0.3, 0.4) is 0 Å². The summed E-state index contributed by atoms with van der Waals surface area (Å²) in [5.74, 6) is 0.326. The molecule has 5 N–H and O–H groups in total. The Labute approximate surface area is 95.9 Å². The molecule has 0 aliphatic carbocycles. The fourth-order valence-corrected chi connectivity index (χ4v) is 1.19. The Hall–Kier alpha value is -1.76. The third-order valence-electron chi connectivity index (χ3n) is 1.96. The molecule has 0 heterocycles. The summed E-state index contributed by atoms with van der Waals surface area (Å²) in [6.07, 6.45) is -4.71. The van der Waals surface area contributed by atoms with Crippen LogP contribution in [0.2, 0.25) is 0 Å². The molecular weight excluding hydrogens is 235 g/mol. The van der Waals surface area contributed by atoms with Crippen molar-refractivity contribution in [1.29, 1.82) is 5.41 Å². The number of nitrogens with two attached hydrogens (primary N) is 2. The van der Waals surface area contributed by atoms with Crippen LogP contribution in [-0.4, -0.2) is 25.0 Å². The Bertz CT molecular complexity index is 418. The lowest BCUT2D eigenvalue weighted by atomic mass is 10.1. The summed E-state index contributed by atoms with van der Waals surface area (Å²) in [6.45, 7) is 0.537. The summed E-state index contributed by atoms with van der Waals surface area (Å²) < 4.78 is 42.0. The third kappa shape index (κ3) is 3.35. The molecule has 94 valence electrons. The topological polar surface area (TPSA) is 85.1 Å². The summed E-state index contributed by atoms with van der Waals surface area (Å²) in [5.41, 5.74) is 8.66. The van der Waals surface area contributed by atoms with Crippen LogP contribution in [0.1, 0.15) is 5.56 Å². The summed E-state index contributed by atoms with van der Waals surface area (Å²) in [6, 6.07) is 3.67. The molecule has 4 nitrogen and oxygen atoms in total. The van der Waals surface area contributed by atoms with Gasteiger partial charge >= 0.3 is 6.18 Å². The van der Waals surface area contributed by atoms with Crippen LogP contribution in [0, 0.1) is 5.41 Å². The predicted octanol–water partition coefficient (Wildman–Crippen LogP) is 1.54. The number of nitrogen functional groups attached to an aromatic ring is 1. The zero-order valence-electron chi connectivity index (χ0n) is 8.84. The van der Waals surface area contributed by atoms with Crippen molar-refractivity contribution >= 4 is 11.4 Å². The van der Waals surface area contributed by atoms with Gasteiger partial charge in [0.15, 0.2) is 0 Å². The van der Waals surface area contributed by atoms with E-state index in [9.17, 15) is 13.2 Å². The highest BCUT2D eigenvalue weighted by Gasteiger charge is 2.36. The second kappa shape index (κ2) is 5.05. The van der Waals surface area contributed by atoms with Crippen LogP contribution in [0.25, 0.3) is 0 Å². The zero-order chi connectivity index (χ0) is 13.1. The number of alkyl halides is 3. The number of anilines is 1. The van der Waals surface area contributed by atoms with E-state index >= 15 is 0 Å². The Kier molecular flexibility index (Phi) is 3.95. The highest BCUT2D eigenvalue weighted by molar-refractivity contribution is 6.06. The van der Waals surface area contributed by atoms with Gasteiger partial charge in [0, 0.05) is 23.9 Å². The molecule has 1 aromatic carbocycles. The molecule has 0 bridgehead atoms. The number of hydrogen-bond donors (Lipinski definition) is 3. The Morgan fingerprint density at radius 3 is 2.47 bits per heavy atom. The summed E-state index contributed by atoms with van der Waals surface area (Å²) >= 11 is 0. The van der Waals surface area contributed by atoms with Crippen molar-refractivity contribution in [2.45, 2.75) is 6.18 Å². The van der Waals surface area contributed by atoms with E-state index in [0.717, 1.165) is 6.07 Å². The Morgan fingerprint density at radius 1 is 1.35 bits per heavy atom. The maximum absolute atomic E-state index is 12.3. The van der Waals surface area contributed by atoms with Gasteiger partial charge in [-0.15, -0.1) is 0 Å². The number of nitrogens with one attached hydrogen (secondary N) is 1. The Balaban J connectivity index is 2.94. The fourth-order valence-electron chi connectivity index (χ4n) is 1.19. The highest BCUT2D eigenvalue weighted by Crippen LogP contribution is 2.27. The minimum atomic E-state index is -4.71. The minimum absolute atomic E-state index is 0.151. The smallest absolute Gasteiger partial charge is 0.433 e. The van der Waals surface area contributed by atoms with E-state index in [4.69, 9.17) is 21.6 Å². The van der Waals surface area contributed by atoms with E-state index in [-0.39, 0.29) is 17.9 Å². The fraction of sp³-hybridized carbons (Fsp3) is 0.300. The summed E-state index contributed by atoms with van der Waals surface area (Å²) in [5, 5.41) is 6.96. The number of benzene rings is 1. The first-order chi connectivity index (χ1) is 7.86. The van der Waals surface area contributed by atoms with E-state index in [1.807, 2.05) is 0 Å². The van der Waals surface area contributed by atoms with Crippen LogP contribution < -0.4 is 16.2 Å². The molecule has 1 rings (SSSR count). The van der Waals surface area contributed by atoms with Crippen molar-refractivity contribution in [3.05, 3.63) is 23.8 Å². The van der Waals surface area contributed by atoms with E-state index in [2.05, 4.69) is 0 Å². The lowest BCUT2D eigenvalue weighted by molar-refractivity contribution is -0.0587. The van der Waals surface area contributed by atoms with E-state index in [0.29, 0.717) is 12.3 Å². The number of rotatable bonds is 4. The van der Waals surface area contributed by atoms with E-state index in [1.165, 1.54) is 12.1 Å². The van der Waals surface area contributed by atoms with Crippen molar-refractivity contribution in [2.24, 2.45) is 5.73 Å². The van der Waals surface area contributed by atoms with Crippen molar-refractivity contribution in [3.8, 4) is 5.75 Å².